The van der Waals surface area contributed by atoms with Crippen LogP contribution in [0.25, 0.3) is 0 Å². The Morgan fingerprint density at radius 3 is 2.71 bits per heavy atom. The van der Waals surface area contributed by atoms with Gasteiger partial charge in [0.25, 0.3) is 0 Å². The van der Waals surface area contributed by atoms with E-state index in [1.54, 1.807) is 5.57 Å². The third-order valence-corrected chi connectivity index (χ3v) is 7.53. The Morgan fingerprint density at radius 2 is 1.90 bits per heavy atom. The molecule has 0 heterocycles. The van der Waals surface area contributed by atoms with Crippen LogP contribution in [0.2, 0.25) is 0 Å². The van der Waals surface area contributed by atoms with Gasteiger partial charge in [0.2, 0.25) is 0 Å². The number of aliphatic hydroxyl groups excluding tert-OH is 2. The van der Waals surface area contributed by atoms with E-state index in [2.05, 4.69) is 26.0 Å². The van der Waals surface area contributed by atoms with E-state index in [0.29, 0.717) is 17.8 Å². The first-order valence-corrected chi connectivity index (χ1v) is 8.70. The average molecular weight is 288 g/mol. The first kappa shape index (κ1) is 14.0. The van der Waals surface area contributed by atoms with Crippen LogP contribution in [-0.2, 0) is 0 Å². The van der Waals surface area contributed by atoms with Crippen molar-refractivity contribution in [1.82, 2.24) is 0 Å². The van der Waals surface area contributed by atoms with E-state index in [-0.39, 0.29) is 23.0 Å². The molecule has 4 aliphatic rings. The topological polar surface area (TPSA) is 40.5 Å². The van der Waals surface area contributed by atoms with Gasteiger partial charge >= 0.3 is 0 Å². The number of rotatable bonds is 0. The van der Waals surface area contributed by atoms with Gasteiger partial charge in [-0.1, -0.05) is 37.6 Å². The van der Waals surface area contributed by atoms with Crippen LogP contribution < -0.4 is 0 Å². The van der Waals surface area contributed by atoms with Crippen LogP contribution in [0.15, 0.2) is 23.8 Å². The first-order chi connectivity index (χ1) is 9.95. The quantitative estimate of drug-likeness (QED) is 0.670. The summed E-state index contributed by atoms with van der Waals surface area (Å²) in [5.41, 5.74) is 1.97. The fourth-order valence-electron chi connectivity index (χ4n) is 6.03. The molecule has 0 aromatic rings. The molecule has 2 heteroatoms. The van der Waals surface area contributed by atoms with Crippen molar-refractivity contribution in [3.05, 3.63) is 23.8 Å². The Balaban J connectivity index is 1.72. The summed E-state index contributed by atoms with van der Waals surface area (Å²) >= 11 is 0. The highest BCUT2D eigenvalue weighted by molar-refractivity contribution is 5.31. The minimum Gasteiger partial charge on any atom is -0.393 e. The van der Waals surface area contributed by atoms with E-state index in [1.165, 1.54) is 6.42 Å². The molecule has 21 heavy (non-hydrogen) atoms. The minimum atomic E-state index is -0.250. The molecule has 0 aromatic heterocycles. The Hall–Kier alpha value is -0.600. The molecule has 0 aliphatic heterocycles. The standard InChI is InChI=1S/C19H28O2/c1-18-9-7-13(20)11-12(18)3-4-14-15-5-6-17(21)19(15,2)10-8-16(14)18/h4,7,9,12-13,15-17,20-21H,3,5-6,8,10-11H2,1-2H3/t12?,13-,15-,16-,17-,18-,19-/m0/s1. The van der Waals surface area contributed by atoms with Crippen molar-refractivity contribution in [2.75, 3.05) is 0 Å². The van der Waals surface area contributed by atoms with Crippen LogP contribution in [0.1, 0.15) is 52.4 Å². The lowest BCUT2D eigenvalue weighted by Gasteiger charge is -2.55. The van der Waals surface area contributed by atoms with E-state index in [9.17, 15) is 10.2 Å². The molecule has 1 unspecified atom stereocenters. The largest absolute Gasteiger partial charge is 0.393 e. The summed E-state index contributed by atoms with van der Waals surface area (Å²) in [6.07, 6.45) is 13.0. The maximum Gasteiger partial charge on any atom is 0.0724 e. The summed E-state index contributed by atoms with van der Waals surface area (Å²) < 4.78 is 0. The zero-order chi connectivity index (χ0) is 14.8. The Kier molecular flexibility index (Phi) is 2.97. The van der Waals surface area contributed by atoms with Crippen LogP contribution in [0.5, 0.6) is 0 Å². The van der Waals surface area contributed by atoms with Crippen molar-refractivity contribution in [1.29, 1.82) is 0 Å². The smallest absolute Gasteiger partial charge is 0.0724 e. The molecule has 4 rings (SSSR count). The summed E-state index contributed by atoms with van der Waals surface area (Å²) in [5, 5.41) is 20.4. The van der Waals surface area contributed by atoms with Crippen molar-refractivity contribution in [3.63, 3.8) is 0 Å². The second-order valence-electron chi connectivity index (χ2n) is 8.41. The zero-order valence-corrected chi connectivity index (χ0v) is 13.3. The van der Waals surface area contributed by atoms with Crippen molar-refractivity contribution in [3.8, 4) is 0 Å². The van der Waals surface area contributed by atoms with Crippen LogP contribution in [0.3, 0.4) is 0 Å². The maximum atomic E-state index is 10.4. The normalized spacial score (nSPS) is 55.4. The minimum absolute atomic E-state index is 0.112. The van der Waals surface area contributed by atoms with Gasteiger partial charge in [-0.3, -0.25) is 0 Å². The molecule has 2 nitrogen and oxygen atoms in total. The molecular weight excluding hydrogens is 260 g/mol. The molecule has 2 saturated carbocycles. The molecule has 0 aromatic carbocycles. The van der Waals surface area contributed by atoms with Gasteiger partial charge in [0, 0.05) is 5.41 Å². The average Bonchev–Trinajstić information content (AvgIpc) is 2.76. The number of aliphatic hydroxyl groups is 2. The Bertz CT molecular complexity index is 508. The van der Waals surface area contributed by atoms with Crippen LogP contribution in [0.4, 0.5) is 0 Å². The number of hydrogen-bond acceptors (Lipinski definition) is 2. The highest BCUT2D eigenvalue weighted by Crippen LogP contribution is 2.63. The summed E-state index contributed by atoms with van der Waals surface area (Å²) in [7, 11) is 0. The van der Waals surface area contributed by atoms with E-state index in [4.69, 9.17) is 0 Å². The lowest BCUT2D eigenvalue weighted by atomic mass is 9.50. The predicted molar refractivity (Wildman–Crippen MR) is 83.6 cm³/mol. The molecule has 2 N–H and O–H groups in total. The van der Waals surface area contributed by atoms with Gasteiger partial charge < -0.3 is 10.2 Å². The van der Waals surface area contributed by atoms with Gasteiger partial charge in [0.05, 0.1) is 12.2 Å². The predicted octanol–water partition coefficient (Wildman–Crippen LogP) is 3.45. The van der Waals surface area contributed by atoms with Gasteiger partial charge in [-0.25, -0.2) is 0 Å². The van der Waals surface area contributed by atoms with Gasteiger partial charge in [0.15, 0.2) is 0 Å². The Labute approximate surface area is 127 Å². The van der Waals surface area contributed by atoms with Crippen molar-refractivity contribution < 1.29 is 10.2 Å². The van der Waals surface area contributed by atoms with Crippen molar-refractivity contribution in [2.24, 2.45) is 28.6 Å². The molecule has 7 atom stereocenters. The lowest BCUT2D eigenvalue weighted by Crippen LogP contribution is -2.48. The highest BCUT2D eigenvalue weighted by Gasteiger charge is 2.56. The monoisotopic (exact) mass is 288 g/mol. The van der Waals surface area contributed by atoms with E-state index in [1.807, 2.05) is 6.08 Å². The van der Waals surface area contributed by atoms with Gasteiger partial charge in [-0.15, -0.1) is 0 Å². The molecule has 4 aliphatic carbocycles. The van der Waals surface area contributed by atoms with Gasteiger partial charge in [0.1, 0.15) is 0 Å². The summed E-state index contributed by atoms with van der Waals surface area (Å²) in [5.74, 6) is 1.80. The molecule has 0 spiro atoms. The highest BCUT2D eigenvalue weighted by atomic mass is 16.3. The lowest BCUT2D eigenvalue weighted by molar-refractivity contribution is -0.00725. The molecule has 0 bridgehead atoms. The number of hydrogen-bond donors (Lipinski definition) is 2. The van der Waals surface area contributed by atoms with E-state index in [0.717, 1.165) is 32.1 Å². The first-order valence-electron chi connectivity index (χ1n) is 8.70. The molecular formula is C19H28O2. The van der Waals surface area contributed by atoms with E-state index >= 15 is 0 Å². The molecule has 0 amide bonds. The fourth-order valence-corrected chi connectivity index (χ4v) is 6.03. The van der Waals surface area contributed by atoms with Crippen LogP contribution in [0, 0.1) is 28.6 Å². The van der Waals surface area contributed by atoms with Gasteiger partial charge in [-0.05, 0) is 61.7 Å². The zero-order valence-electron chi connectivity index (χ0n) is 13.3. The SMILES string of the molecule is C[C@]12CC[C@H]3C(=CCC4C[C@@H](O)C=C[C@@]43C)[C@@H]1CC[C@@H]2O. The summed E-state index contributed by atoms with van der Waals surface area (Å²) in [4.78, 5) is 0. The van der Waals surface area contributed by atoms with Crippen molar-refractivity contribution in [2.45, 2.75) is 64.6 Å². The fraction of sp³-hybridized carbons (Fsp3) is 0.789. The number of allylic oxidation sites excluding steroid dienone is 3. The number of fused-ring (bicyclic) bond motifs is 5. The van der Waals surface area contributed by atoms with Gasteiger partial charge in [-0.2, -0.15) is 0 Å². The third-order valence-electron chi connectivity index (χ3n) is 7.53. The third kappa shape index (κ3) is 1.78. The Morgan fingerprint density at radius 1 is 1.10 bits per heavy atom. The summed E-state index contributed by atoms with van der Waals surface area (Å²) in [6.45, 7) is 4.72. The molecule has 0 radical (unpaired) electrons. The summed E-state index contributed by atoms with van der Waals surface area (Å²) in [6, 6.07) is 0. The van der Waals surface area contributed by atoms with Crippen LogP contribution >= 0.6 is 0 Å². The maximum absolute atomic E-state index is 10.4. The van der Waals surface area contributed by atoms with E-state index < -0.39 is 0 Å². The van der Waals surface area contributed by atoms with Crippen molar-refractivity contribution >= 4 is 0 Å². The second-order valence-corrected chi connectivity index (χ2v) is 8.41. The molecule has 2 fully saturated rings. The van der Waals surface area contributed by atoms with Crippen LogP contribution in [-0.4, -0.2) is 22.4 Å². The second kappa shape index (κ2) is 4.45. The molecule has 0 saturated heterocycles. The molecule has 116 valence electrons.